The fourth-order valence-electron chi connectivity index (χ4n) is 3.51. The van der Waals surface area contributed by atoms with Crippen molar-refractivity contribution in [1.82, 2.24) is 9.62 Å². The van der Waals surface area contributed by atoms with Crippen molar-refractivity contribution >= 4 is 15.9 Å². The Morgan fingerprint density at radius 3 is 2.38 bits per heavy atom. The summed E-state index contributed by atoms with van der Waals surface area (Å²) < 4.78 is 33.2. The number of carbonyl (C=O) groups excluding carboxylic acids is 1. The SMILES string of the molecule is COc1ccc(C(=O)NCCc2ccccc2)cc1S(=O)(=O)N1CCCCCC1. The number of sulfonamides is 1. The molecule has 0 radical (unpaired) electrons. The molecular formula is C22H28N2O4S. The molecule has 0 spiro atoms. The van der Waals surface area contributed by atoms with Gasteiger partial charge in [-0.1, -0.05) is 43.2 Å². The van der Waals surface area contributed by atoms with Gasteiger partial charge in [-0.25, -0.2) is 8.42 Å². The summed E-state index contributed by atoms with van der Waals surface area (Å²) in [5, 5.41) is 2.86. The largest absolute Gasteiger partial charge is 0.495 e. The maximum absolute atomic E-state index is 13.2. The van der Waals surface area contributed by atoms with E-state index in [0.29, 0.717) is 31.6 Å². The molecule has 1 fully saturated rings. The first-order valence-electron chi connectivity index (χ1n) is 10.0. The van der Waals surface area contributed by atoms with Crippen molar-refractivity contribution in [3.8, 4) is 5.75 Å². The zero-order valence-corrected chi connectivity index (χ0v) is 17.6. The van der Waals surface area contributed by atoms with Crippen molar-refractivity contribution in [1.29, 1.82) is 0 Å². The van der Waals surface area contributed by atoms with E-state index in [0.717, 1.165) is 31.2 Å². The minimum absolute atomic E-state index is 0.0533. The average molecular weight is 417 g/mol. The lowest BCUT2D eigenvalue weighted by Crippen LogP contribution is -2.32. The zero-order chi connectivity index (χ0) is 20.7. The van der Waals surface area contributed by atoms with Gasteiger partial charge in [-0.15, -0.1) is 0 Å². The third-order valence-electron chi connectivity index (χ3n) is 5.15. The zero-order valence-electron chi connectivity index (χ0n) is 16.8. The lowest BCUT2D eigenvalue weighted by molar-refractivity contribution is 0.0954. The third kappa shape index (κ3) is 5.36. The number of benzene rings is 2. The van der Waals surface area contributed by atoms with Crippen molar-refractivity contribution in [2.24, 2.45) is 0 Å². The molecule has 0 atom stereocenters. The molecule has 2 aromatic rings. The summed E-state index contributed by atoms with van der Waals surface area (Å²) in [7, 11) is -2.28. The van der Waals surface area contributed by atoms with Gasteiger partial charge in [0.2, 0.25) is 10.0 Å². The average Bonchev–Trinajstić information content (AvgIpc) is 3.04. The number of carbonyl (C=O) groups is 1. The van der Waals surface area contributed by atoms with E-state index in [1.54, 1.807) is 12.1 Å². The maximum atomic E-state index is 13.2. The van der Waals surface area contributed by atoms with Crippen molar-refractivity contribution in [3.05, 3.63) is 59.7 Å². The molecule has 1 aliphatic heterocycles. The first-order chi connectivity index (χ1) is 14.0. The number of rotatable bonds is 7. The predicted octanol–water partition coefficient (Wildman–Crippen LogP) is 3.23. The Morgan fingerprint density at radius 1 is 1.03 bits per heavy atom. The van der Waals surface area contributed by atoms with Crippen molar-refractivity contribution in [3.63, 3.8) is 0 Å². The number of ether oxygens (including phenoxy) is 1. The third-order valence-corrected chi connectivity index (χ3v) is 7.07. The van der Waals surface area contributed by atoms with Crippen LogP contribution in [0.1, 0.15) is 41.6 Å². The van der Waals surface area contributed by atoms with Gasteiger partial charge in [0.05, 0.1) is 7.11 Å². The van der Waals surface area contributed by atoms with E-state index in [9.17, 15) is 13.2 Å². The van der Waals surface area contributed by atoms with Crippen LogP contribution >= 0.6 is 0 Å². The van der Waals surface area contributed by atoms with E-state index < -0.39 is 10.0 Å². The van der Waals surface area contributed by atoms with Crippen molar-refractivity contribution in [2.45, 2.75) is 37.0 Å². The second-order valence-electron chi connectivity index (χ2n) is 7.18. The fourth-order valence-corrected chi connectivity index (χ4v) is 5.21. The summed E-state index contributed by atoms with van der Waals surface area (Å²) in [6, 6.07) is 14.5. The van der Waals surface area contributed by atoms with Crippen LogP contribution in [0, 0.1) is 0 Å². The summed E-state index contributed by atoms with van der Waals surface area (Å²) in [6.45, 7) is 1.47. The van der Waals surface area contributed by atoms with E-state index in [1.165, 1.54) is 17.5 Å². The van der Waals surface area contributed by atoms with E-state index in [4.69, 9.17) is 4.74 Å². The molecule has 1 saturated heterocycles. The van der Waals surface area contributed by atoms with Crippen LogP contribution in [0.25, 0.3) is 0 Å². The van der Waals surface area contributed by atoms with Crippen LogP contribution in [-0.2, 0) is 16.4 Å². The van der Waals surface area contributed by atoms with Crippen LogP contribution in [0.4, 0.5) is 0 Å². The Bertz CT molecular complexity index is 921. The number of amides is 1. The number of nitrogens with zero attached hydrogens (tertiary/aromatic N) is 1. The molecule has 1 aliphatic rings. The Kier molecular flexibility index (Phi) is 7.28. The van der Waals surface area contributed by atoms with Gasteiger partial charge in [-0.2, -0.15) is 4.31 Å². The highest BCUT2D eigenvalue weighted by Crippen LogP contribution is 2.29. The predicted molar refractivity (Wildman–Crippen MR) is 113 cm³/mol. The fraction of sp³-hybridized carbons (Fsp3) is 0.409. The molecule has 0 saturated carbocycles. The Hall–Kier alpha value is -2.38. The number of hydrogen-bond donors (Lipinski definition) is 1. The van der Waals surface area contributed by atoms with Crippen LogP contribution in [0.15, 0.2) is 53.4 Å². The highest BCUT2D eigenvalue weighted by atomic mass is 32.2. The van der Waals surface area contributed by atoms with Gasteiger partial charge in [0, 0.05) is 25.2 Å². The normalized spacial score (nSPS) is 15.5. The van der Waals surface area contributed by atoms with Crippen LogP contribution in [0.5, 0.6) is 5.75 Å². The molecule has 1 heterocycles. The highest BCUT2D eigenvalue weighted by molar-refractivity contribution is 7.89. The minimum atomic E-state index is -3.72. The number of nitrogens with one attached hydrogen (secondary N) is 1. The Balaban J connectivity index is 1.76. The molecule has 1 N–H and O–H groups in total. The Labute approximate surface area is 172 Å². The molecule has 3 rings (SSSR count). The van der Waals surface area contributed by atoms with E-state index in [2.05, 4.69) is 5.32 Å². The highest BCUT2D eigenvalue weighted by Gasteiger charge is 2.29. The summed E-state index contributed by atoms with van der Waals surface area (Å²) in [5.74, 6) is -0.0361. The molecule has 0 bridgehead atoms. The summed E-state index contributed by atoms with van der Waals surface area (Å²) >= 11 is 0. The van der Waals surface area contributed by atoms with Crippen LogP contribution in [0.2, 0.25) is 0 Å². The standard InChI is InChI=1S/C22H28N2O4S/c1-28-20-12-11-19(22(25)23-14-13-18-9-5-4-6-10-18)17-21(20)29(26,27)24-15-7-2-3-8-16-24/h4-6,9-12,17H,2-3,7-8,13-16H2,1H3,(H,23,25). The maximum Gasteiger partial charge on any atom is 0.251 e. The lowest BCUT2D eigenvalue weighted by Gasteiger charge is -2.21. The van der Waals surface area contributed by atoms with Gasteiger partial charge in [0.15, 0.2) is 0 Å². The first-order valence-corrected chi connectivity index (χ1v) is 11.5. The lowest BCUT2D eigenvalue weighted by atomic mass is 10.1. The second kappa shape index (κ2) is 9.89. The summed E-state index contributed by atoms with van der Waals surface area (Å²) in [5.41, 5.74) is 1.44. The van der Waals surface area contributed by atoms with Gasteiger partial charge >= 0.3 is 0 Å². The molecule has 1 amide bonds. The molecule has 2 aromatic carbocycles. The van der Waals surface area contributed by atoms with E-state index in [-0.39, 0.29) is 16.6 Å². The molecule has 0 unspecified atom stereocenters. The topological polar surface area (TPSA) is 75.7 Å². The van der Waals surface area contributed by atoms with Crippen molar-refractivity contribution < 1.29 is 17.9 Å². The smallest absolute Gasteiger partial charge is 0.251 e. The first kappa shape index (κ1) is 21.3. The van der Waals surface area contributed by atoms with Gasteiger partial charge in [0.25, 0.3) is 5.91 Å². The van der Waals surface area contributed by atoms with Crippen LogP contribution in [-0.4, -0.2) is 45.4 Å². The second-order valence-corrected chi connectivity index (χ2v) is 9.08. The molecule has 0 aromatic heterocycles. The molecule has 7 heteroatoms. The van der Waals surface area contributed by atoms with E-state index in [1.807, 2.05) is 30.3 Å². The Morgan fingerprint density at radius 2 is 1.72 bits per heavy atom. The molecule has 29 heavy (non-hydrogen) atoms. The van der Waals surface area contributed by atoms with E-state index >= 15 is 0 Å². The molecule has 0 aliphatic carbocycles. The molecular weight excluding hydrogens is 388 g/mol. The van der Waals surface area contributed by atoms with Crippen molar-refractivity contribution in [2.75, 3.05) is 26.7 Å². The van der Waals surface area contributed by atoms with Gasteiger partial charge < -0.3 is 10.1 Å². The van der Waals surface area contributed by atoms with Crippen LogP contribution in [0.3, 0.4) is 0 Å². The number of hydrogen-bond acceptors (Lipinski definition) is 4. The number of methoxy groups -OCH3 is 1. The quantitative estimate of drug-likeness (QED) is 0.752. The minimum Gasteiger partial charge on any atom is -0.495 e. The van der Waals surface area contributed by atoms with Gasteiger partial charge in [-0.05, 0) is 43.0 Å². The monoisotopic (exact) mass is 416 g/mol. The van der Waals surface area contributed by atoms with Gasteiger partial charge in [0.1, 0.15) is 10.6 Å². The summed E-state index contributed by atoms with van der Waals surface area (Å²) in [6.07, 6.45) is 4.48. The van der Waals surface area contributed by atoms with Crippen LogP contribution < -0.4 is 10.1 Å². The molecule has 6 nitrogen and oxygen atoms in total. The molecule has 156 valence electrons. The van der Waals surface area contributed by atoms with Gasteiger partial charge in [-0.3, -0.25) is 4.79 Å². The summed E-state index contributed by atoms with van der Waals surface area (Å²) in [4.78, 5) is 12.6.